The lowest BCUT2D eigenvalue weighted by molar-refractivity contribution is 0.108. The Morgan fingerprint density at radius 2 is 1.71 bits per heavy atom. The van der Waals surface area contributed by atoms with Gasteiger partial charge in [0.2, 0.25) is 0 Å². The second-order valence-electron chi connectivity index (χ2n) is 2.60. The Morgan fingerprint density at radius 3 is 1.93 bits per heavy atom. The second-order valence-corrected chi connectivity index (χ2v) is 2.94. The van der Waals surface area contributed by atoms with Crippen molar-refractivity contribution < 1.29 is 4.79 Å². The molecule has 0 aliphatic rings. The molecule has 0 amide bonds. The van der Waals surface area contributed by atoms with Gasteiger partial charge in [0, 0.05) is 5.56 Å². The Balaban J connectivity index is 0.000000292. The van der Waals surface area contributed by atoms with E-state index in [4.69, 9.17) is 11.6 Å². The molecule has 3 heteroatoms. The van der Waals surface area contributed by atoms with Crippen LogP contribution in [0, 0.1) is 0 Å². The van der Waals surface area contributed by atoms with Crippen LogP contribution in [0.3, 0.4) is 0 Å². The maximum Gasteiger partial charge on any atom is 0.252 e. The molecule has 1 aromatic rings. The van der Waals surface area contributed by atoms with Crippen LogP contribution in [0.4, 0.5) is 0 Å². The van der Waals surface area contributed by atoms with Gasteiger partial charge in [0.15, 0.2) is 0 Å². The Bertz CT molecular complexity index is 247. The third-order valence-electron chi connectivity index (χ3n) is 1.50. The molecule has 0 bridgehead atoms. The fourth-order valence-corrected chi connectivity index (χ4v) is 0.945. The number of hydrogen-bond donors (Lipinski definition) is 1. The second kappa shape index (κ2) is 8.73. The van der Waals surface area contributed by atoms with Gasteiger partial charge in [-0.15, -0.1) is 0 Å². The fraction of sp³-hybridized carbons (Fsp3) is 0.364. The minimum absolute atomic E-state index is 0.407. The van der Waals surface area contributed by atoms with Gasteiger partial charge in [-0.25, -0.2) is 0 Å². The molecule has 0 heterocycles. The van der Waals surface area contributed by atoms with Crippen LogP contribution in [0.25, 0.3) is 0 Å². The van der Waals surface area contributed by atoms with Gasteiger partial charge in [-0.3, -0.25) is 4.79 Å². The molecule has 0 fully saturated rings. The summed E-state index contributed by atoms with van der Waals surface area (Å²) in [6, 6.07) is 8.74. The van der Waals surface area contributed by atoms with Crippen molar-refractivity contribution >= 4 is 16.8 Å². The molecular weight excluding hydrogens is 198 g/mol. The zero-order valence-electron chi connectivity index (χ0n) is 8.59. The van der Waals surface area contributed by atoms with E-state index in [2.05, 4.69) is 19.2 Å². The highest BCUT2D eigenvalue weighted by Crippen LogP contribution is 2.01. The average Bonchev–Trinajstić information content (AvgIpc) is 2.21. The van der Waals surface area contributed by atoms with Crippen molar-refractivity contribution in [2.45, 2.75) is 13.8 Å². The Morgan fingerprint density at radius 1 is 1.21 bits per heavy atom. The van der Waals surface area contributed by atoms with Gasteiger partial charge in [-0.2, -0.15) is 0 Å². The molecule has 0 spiro atoms. The van der Waals surface area contributed by atoms with Gasteiger partial charge in [0.05, 0.1) is 0 Å². The Kier molecular flexibility index (Phi) is 8.19. The number of carbonyl (C=O) groups is 1. The number of carbonyl (C=O) groups excluding carboxylic acids is 1. The molecule has 0 saturated carbocycles. The van der Waals surface area contributed by atoms with Crippen molar-refractivity contribution in [1.82, 2.24) is 5.32 Å². The molecule has 0 aromatic heterocycles. The maximum atomic E-state index is 10.4. The van der Waals surface area contributed by atoms with Crippen molar-refractivity contribution in [3.8, 4) is 0 Å². The Hall–Kier alpha value is -0.860. The lowest BCUT2D eigenvalue weighted by Gasteiger charge is -1.87. The third kappa shape index (κ3) is 6.63. The minimum Gasteiger partial charge on any atom is -0.317 e. The molecular formula is C11H16ClNO. The summed E-state index contributed by atoms with van der Waals surface area (Å²) in [6.45, 7) is 6.39. The van der Waals surface area contributed by atoms with E-state index < -0.39 is 5.24 Å². The molecule has 0 aliphatic carbocycles. The van der Waals surface area contributed by atoms with Gasteiger partial charge >= 0.3 is 0 Å². The zero-order chi connectivity index (χ0) is 10.8. The first-order valence-corrected chi connectivity index (χ1v) is 5.05. The molecule has 0 saturated heterocycles. The van der Waals surface area contributed by atoms with E-state index in [9.17, 15) is 4.79 Å². The number of rotatable bonds is 3. The SMILES string of the molecule is CCNCC.O=C(Cl)c1ccccc1. The number of benzene rings is 1. The highest BCUT2D eigenvalue weighted by atomic mass is 35.5. The van der Waals surface area contributed by atoms with Gasteiger partial charge in [-0.05, 0) is 24.7 Å². The van der Waals surface area contributed by atoms with Crippen LogP contribution in [-0.4, -0.2) is 18.3 Å². The van der Waals surface area contributed by atoms with Gasteiger partial charge in [0.25, 0.3) is 5.24 Å². The summed E-state index contributed by atoms with van der Waals surface area (Å²) in [5.41, 5.74) is 0.541. The van der Waals surface area contributed by atoms with Crippen LogP contribution in [0.2, 0.25) is 0 Å². The van der Waals surface area contributed by atoms with E-state index in [1.165, 1.54) is 0 Å². The standard InChI is InChI=1S/C7H5ClO.C4H11N/c8-7(9)6-4-2-1-3-5-6;1-3-5-4-2/h1-5H;5H,3-4H2,1-2H3. The molecule has 2 nitrogen and oxygen atoms in total. The summed E-state index contributed by atoms with van der Waals surface area (Å²) >= 11 is 5.16. The monoisotopic (exact) mass is 213 g/mol. The first-order valence-electron chi connectivity index (χ1n) is 4.68. The maximum absolute atomic E-state index is 10.4. The quantitative estimate of drug-likeness (QED) is 0.783. The third-order valence-corrected chi connectivity index (χ3v) is 1.72. The fourth-order valence-electron chi connectivity index (χ4n) is 0.819. The highest BCUT2D eigenvalue weighted by molar-refractivity contribution is 6.67. The molecule has 1 N–H and O–H groups in total. The summed E-state index contributed by atoms with van der Waals surface area (Å²) < 4.78 is 0. The van der Waals surface area contributed by atoms with Crippen molar-refractivity contribution in [3.05, 3.63) is 35.9 Å². The molecule has 78 valence electrons. The summed E-state index contributed by atoms with van der Waals surface area (Å²) in [6.07, 6.45) is 0. The van der Waals surface area contributed by atoms with Crippen LogP contribution in [-0.2, 0) is 0 Å². The van der Waals surface area contributed by atoms with Crippen LogP contribution < -0.4 is 5.32 Å². The average molecular weight is 214 g/mol. The number of nitrogens with one attached hydrogen (secondary N) is 1. The smallest absolute Gasteiger partial charge is 0.252 e. The summed E-state index contributed by atoms with van der Waals surface area (Å²) in [5.74, 6) is 0. The van der Waals surface area contributed by atoms with E-state index in [0.29, 0.717) is 5.56 Å². The molecule has 0 radical (unpaired) electrons. The van der Waals surface area contributed by atoms with Crippen LogP contribution in [0.15, 0.2) is 30.3 Å². The van der Waals surface area contributed by atoms with E-state index >= 15 is 0 Å². The van der Waals surface area contributed by atoms with Crippen molar-refractivity contribution in [3.63, 3.8) is 0 Å². The van der Waals surface area contributed by atoms with E-state index in [0.717, 1.165) is 13.1 Å². The summed E-state index contributed by atoms with van der Waals surface area (Å²) in [5, 5.41) is 2.70. The van der Waals surface area contributed by atoms with Crippen LogP contribution >= 0.6 is 11.6 Å². The first kappa shape index (κ1) is 13.1. The van der Waals surface area contributed by atoms with Crippen molar-refractivity contribution in [2.24, 2.45) is 0 Å². The number of hydrogen-bond acceptors (Lipinski definition) is 2. The first-order chi connectivity index (χ1) is 6.72. The molecule has 1 rings (SSSR count). The van der Waals surface area contributed by atoms with Gasteiger partial charge in [-0.1, -0.05) is 44.2 Å². The molecule has 1 aromatic carbocycles. The minimum atomic E-state index is -0.407. The molecule has 0 aliphatic heterocycles. The predicted molar refractivity (Wildman–Crippen MR) is 60.8 cm³/mol. The largest absolute Gasteiger partial charge is 0.317 e. The lowest BCUT2D eigenvalue weighted by Crippen LogP contribution is -2.09. The Labute approximate surface area is 90.3 Å². The van der Waals surface area contributed by atoms with Gasteiger partial charge in [0.1, 0.15) is 0 Å². The zero-order valence-corrected chi connectivity index (χ0v) is 9.34. The normalized spacial score (nSPS) is 8.79. The van der Waals surface area contributed by atoms with E-state index in [-0.39, 0.29) is 0 Å². The topological polar surface area (TPSA) is 29.1 Å². The summed E-state index contributed by atoms with van der Waals surface area (Å²) in [4.78, 5) is 10.4. The van der Waals surface area contributed by atoms with Gasteiger partial charge < -0.3 is 5.32 Å². The van der Waals surface area contributed by atoms with E-state index in [1.807, 2.05) is 6.07 Å². The van der Waals surface area contributed by atoms with Crippen LogP contribution in [0.1, 0.15) is 24.2 Å². The van der Waals surface area contributed by atoms with Crippen molar-refractivity contribution in [1.29, 1.82) is 0 Å². The van der Waals surface area contributed by atoms with Crippen molar-refractivity contribution in [2.75, 3.05) is 13.1 Å². The molecule has 0 atom stereocenters. The van der Waals surface area contributed by atoms with Crippen LogP contribution in [0.5, 0.6) is 0 Å². The number of halogens is 1. The van der Waals surface area contributed by atoms with E-state index in [1.54, 1.807) is 24.3 Å². The molecule has 0 unspecified atom stereocenters. The molecule has 14 heavy (non-hydrogen) atoms. The lowest BCUT2D eigenvalue weighted by atomic mass is 10.2. The highest BCUT2D eigenvalue weighted by Gasteiger charge is 1.95. The summed E-state index contributed by atoms with van der Waals surface area (Å²) in [7, 11) is 0. The predicted octanol–water partition coefficient (Wildman–Crippen LogP) is 2.68.